The van der Waals surface area contributed by atoms with E-state index >= 15 is 0 Å². The predicted molar refractivity (Wildman–Crippen MR) is 81.9 cm³/mol. The standard InChI is InChI=1S/C16H14FN3O2/c1-11-6-2-5-9-14(11)19-15(21)16(22)20-18-10-12-7-3-4-8-13(12)17/h2-10H,1H3,(H,19,21)(H,20,22)/b18-10-. The Kier molecular flexibility index (Phi) is 4.98. The van der Waals surface area contributed by atoms with Gasteiger partial charge in [0, 0.05) is 11.3 Å². The van der Waals surface area contributed by atoms with Crippen molar-refractivity contribution >= 4 is 23.7 Å². The van der Waals surface area contributed by atoms with Crippen molar-refractivity contribution in [2.24, 2.45) is 5.10 Å². The van der Waals surface area contributed by atoms with Crippen LogP contribution in [0.1, 0.15) is 11.1 Å². The van der Waals surface area contributed by atoms with Crippen LogP contribution < -0.4 is 10.7 Å². The second-order valence-electron chi connectivity index (χ2n) is 4.49. The highest BCUT2D eigenvalue weighted by Gasteiger charge is 2.13. The van der Waals surface area contributed by atoms with Crippen LogP contribution in [0.25, 0.3) is 0 Å². The number of carbonyl (C=O) groups excluding carboxylic acids is 2. The summed E-state index contributed by atoms with van der Waals surface area (Å²) in [6, 6.07) is 13.0. The second-order valence-corrected chi connectivity index (χ2v) is 4.49. The van der Waals surface area contributed by atoms with Crippen molar-refractivity contribution in [3.05, 3.63) is 65.5 Å². The summed E-state index contributed by atoms with van der Waals surface area (Å²) in [7, 11) is 0. The third kappa shape index (κ3) is 3.99. The summed E-state index contributed by atoms with van der Waals surface area (Å²) in [4.78, 5) is 23.3. The fourth-order valence-corrected chi connectivity index (χ4v) is 1.68. The lowest BCUT2D eigenvalue weighted by atomic mass is 10.2. The number of aryl methyl sites for hydroxylation is 1. The molecule has 2 aromatic carbocycles. The SMILES string of the molecule is Cc1ccccc1NC(=O)C(=O)N/N=C\c1ccccc1F. The maximum absolute atomic E-state index is 13.3. The average molecular weight is 299 g/mol. The minimum atomic E-state index is -0.934. The van der Waals surface area contributed by atoms with Gasteiger partial charge in [0.1, 0.15) is 5.82 Å². The van der Waals surface area contributed by atoms with Crippen molar-refractivity contribution in [2.45, 2.75) is 6.92 Å². The number of hydrazone groups is 1. The molecule has 0 saturated heterocycles. The van der Waals surface area contributed by atoms with Gasteiger partial charge in [-0.3, -0.25) is 9.59 Å². The molecule has 0 heterocycles. The number of rotatable bonds is 3. The van der Waals surface area contributed by atoms with E-state index in [1.54, 1.807) is 24.3 Å². The Morgan fingerprint density at radius 3 is 2.45 bits per heavy atom. The van der Waals surface area contributed by atoms with Gasteiger partial charge in [-0.1, -0.05) is 36.4 Å². The lowest BCUT2D eigenvalue weighted by molar-refractivity contribution is -0.136. The molecule has 0 aromatic heterocycles. The number of amides is 2. The molecule has 2 N–H and O–H groups in total. The van der Waals surface area contributed by atoms with E-state index < -0.39 is 17.6 Å². The third-order valence-electron chi connectivity index (χ3n) is 2.87. The molecule has 2 aromatic rings. The largest absolute Gasteiger partial charge is 0.329 e. The molecule has 0 aliphatic heterocycles. The third-order valence-corrected chi connectivity index (χ3v) is 2.87. The summed E-state index contributed by atoms with van der Waals surface area (Å²) >= 11 is 0. The minimum absolute atomic E-state index is 0.210. The smallest absolute Gasteiger partial charge is 0.317 e. The van der Waals surface area contributed by atoms with Crippen LogP contribution in [-0.4, -0.2) is 18.0 Å². The molecule has 112 valence electrons. The van der Waals surface area contributed by atoms with E-state index in [0.29, 0.717) is 5.69 Å². The Bertz CT molecular complexity index is 729. The van der Waals surface area contributed by atoms with Crippen molar-refractivity contribution in [1.82, 2.24) is 5.43 Å². The normalized spacial score (nSPS) is 10.5. The van der Waals surface area contributed by atoms with Crippen LogP contribution >= 0.6 is 0 Å². The zero-order valence-electron chi connectivity index (χ0n) is 11.8. The highest BCUT2D eigenvalue weighted by atomic mass is 19.1. The molecule has 0 saturated carbocycles. The molecule has 2 rings (SSSR count). The summed E-state index contributed by atoms with van der Waals surface area (Å²) in [5.74, 6) is -2.25. The van der Waals surface area contributed by atoms with Crippen molar-refractivity contribution in [2.75, 3.05) is 5.32 Å². The van der Waals surface area contributed by atoms with E-state index in [4.69, 9.17) is 0 Å². The quantitative estimate of drug-likeness (QED) is 0.518. The van der Waals surface area contributed by atoms with Crippen LogP contribution in [0.4, 0.5) is 10.1 Å². The van der Waals surface area contributed by atoms with Crippen LogP contribution in [-0.2, 0) is 9.59 Å². The molecule has 0 spiro atoms. The van der Waals surface area contributed by atoms with Crippen molar-refractivity contribution < 1.29 is 14.0 Å². The molecule has 0 aliphatic rings. The number of hydrogen-bond donors (Lipinski definition) is 2. The van der Waals surface area contributed by atoms with Gasteiger partial charge in [-0.05, 0) is 24.6 Å². The first-order valence-electron chi connectivity index (χ1n) is 6.52. The number of nitrogens with one attached hydrogen (secondary N) is 2. The predicted octanol–water partition coefficient (Wildman–Crippen LogP) is 2.22. The fourth-order valence-electron chi connectivity index (χ4n) is 1.68. The molecule has 0 unspecified atom stereocenters. The van der Waals surface area contributed by atoms with Gasteiger partial charge < -0.3 is 5.32 Å². The number of anilines is 1. The number of benzene rings is 2. The van der Waals surface area contributed by atoms with Gasteiger partial charge in [-0.15, -0.1) is 0 Å². The maximum atomic E-state index is 13.3. The number of hydrogen-bond acceptors (Lipinski definition) is 3. The Balaban J connectivity index is 1.94. The van der Waals surface area contributed by atoms with Crippen LogP contribution in [0.3, 0.4) is 0 Å². The topological polar surface area (TPSA) is 70.6 Å². The number of halogens is 1. The molecule has 5 nitrogen and oxygen atoms in total. The number of carbonyl (C=O) groups is 2. The molecule has 0 atom stereocenters. The first kappa shape index (κ1) is 15.4. The van der Waals surface area contributed by atoms with Crippen LogP contribution in [0.15, 0.2) is 53.6 Å². The summed E-state index contributed by atoms with van der Waals surface area (Å²) in [5.41, 5.74) is 3.63. The molecule has 22 heavy (non-hydrogen) atoms. The van der Waals surface area contributed by atoms with Crippen molar-refractivity contribution in [3.8, 4) is 0 Å². The van der Waals surface area contributed by atoms with Gasteiger partial charge in [0.15, 0.2) is 0 Å². The molecule has 0 aliphatic carbocycles. The first-order chi connectivity index (χ1) is 10.6. The van der Waals surface area contributed by atoms with Crippen LogP contribution in [0.2, 0.25) is 0 Å². The first-order valence-corrected chi connectivity index (χ1v) is 6.52. The molecule has 2 amide bonds. The second kappa shape index (κ2) is 7.12. The molecule has 0 fully saturated rings. The van der Waals surface area contributed by atoms with E-state index in [0.717, 1.165) is 11.8 Å². The molecule has 6 heteroatoms. The summed E-state index contributed by atoms with van der Waals surface area (Å²) in [6.45, 7) is 1.81. The Hall–Kier alpha value is -3.02. The monoisotopic (exact) mass is 299 g/mol. The van der Waals surface area contributed by atoms with Gasteiger partial charge in [0.25, 0.3) is 0 Å². The molecular formula is C16H14FN3O2. The Morgan fingerprint density at radius 2 is 1.73 bits per heavy atom. The fraction of sp³-hybridized carbons (Fsp3) is 0.0625. The van der Waals surface area contributed by atoms with Crippen LogP contribution in [0.5, 0.6) is 0 Å². The summed E-state index contributed by atoms with van der Waals surface area (Å²) in [6.07, 6.45) is 1.13. The van der Waals surface area contributed by atoms with Crippen molar-refractivity contribution in [3.63, 3.8) is 0 Å². The zero-order chi connectivity index (χ0) is 15.9. The highest BCUT2D eigenvalue weighted by molar-refractivity contribution is 6.39. The minimum Gasteiger partial charge on any atom is -0.317 e. The van der Waals surface area contributed by atoms with Gasteiger partial charge in [-0.2, -0.15) is 5.10 Å². The molecule has 0 radical (unpaired) electrons. The lowest BCUT2D eigenvalue weighted by Gasteiger charge is -2.06. The van der Waals surface area contributed by atoms with E-state index in [-0.39, 0.29) is 5.56 Å². The average Bonchev–Trinajstić information content (AvgIpc) is 2.51. The number of nitrogens with zero attached hydrogens (tertiary/aromatic N) is 1. The van der Waals surface area contributed by atoms with Gasteiger partial charge in [0.05, 0.1) is 6.21 Å². The Labute approximate surface area is 126 Å². The summed E-state index contributed by atoms with van der Waals surface area (Å²) in [5, 5.41) is 6.03. The van der Waals surface area contributed by atoms with E-state index in [9.17, 15) is 14.0 Å². The van der Waals surface area contributed by atoms with Gasteiger partial charge in [0.2, 0.25) is 0 Å². The van der Waals surface area contributed by atoms with Crippen LogP contribution in [0, 0.1) is 12.7 Å². The Morgan fingerprint density at radius 1 is 1.05 bits per heavy atom. The van der Waals surface area contributed by atoms with E-state index in [1.165, 1.54) is 12.1 Å². The molecule has 0 bridgehead atoms. The molecular weight excluding hydrogens is 285 g/mol. The summed E-state index contributed by atoms with van der Waals surface area (Å²) < 4.78 is 13.3. The van der Waals surface area contributed by atoms with Gasteiger partial charge >= 0.3 is 11.8 Å². The number of para-hydroxylation sites is 1. The van der Waals surface area contributed by atoms with Crippen molar-refractivity contribution in [1.29, 1.82) is 0 Å². The zero-order valence-corrected chi connectivity index (χ0v) is 11.8. The van der Waals surface area contributed by atoms with E-state index in [1.807, 2.05) is 24.5 Å². The maximum Gasteiger partial charge on any atom is 0.329 e. The van der Waals surface area contributed by atoms with Gasteiger partial charge in [-0.25, -0.2) is 9.82 Å². The lowest BCUT2D eigenvalue weighted by Crippen LogP contribution is -2.32. The van der Waals surface area contributed by atoms with E-state index in [2.05, 4.69) is 10.4 Å². The highest BCUT2D eigenvalue weighted by Crippen LogP contribution is 2.12.